The molecule has 3 rings (SSSR count). The van der Waals surface area contributed by atoms with Crippen LogP contribution < -0.4 is 0 Å². The monoisotopic (exact) mass is 350 g/mol. The minimum absolute atomic E-state index is 0.0912. The summed E-state index contributed by atoms with van der Waals surface area (Å²) < 4.78 is 26.8. The maximum absolute atomic E-state index is 12.6. The van der Waals surface area contributed by atoms with Crippen LogP contribution in [-0.2, 0) is 15.8 Å². The van der Waals surface area contributed by atoms with Crippen LogP contribution >= 0.6 is 11.3 Å². The van der Waals surface area contributed by atoms with E-state index in [0.29, 0.717) is 19.0 Å². The third-order valence-electron chi connectivity index (χ3n) is 4.43. The lowest BCUT2D eigenvalue weighted by molar-refractivity contribution is 0.318. The molecule has 0 bridgehead atoms. The van der Waals surface area contributed by atoms with Gasteiger partial charge in [-0.15, -0.1) is 11.3 Å². The summed E-state index contributed by atoms with van der Waals surface area (Å²) in [6.07, 6.45) is 1.72. The van der Waals surface area contributed by atoms with Gasteiger partial charge in [0.2, 0.25) is 10.0 Å². The minimum Gasteiger partial charge on any atom is -0.246 e. The van der Waals surface area contributed by atoms with E-state index in [1.807, 2.05) is 37.3 Å². The van der Waals surface area contributed by atoms with E-state index in [9.17, 15) is 8.42 Å². The zero-order valence-corrected chi connectivity index (χ0v) is 15.2. The first-order valence-corrected chi connectivity index (χ1v) is 10.3. The summed E-state index contributed by atoms with van der Waals surface area (Å²) in [5.74, 6) is 0.490. The van der Waals surface area contributed by atoms with Crippen molar-refractivity contribution in [2.45, 2.75) is 38.4 Å². The molecule has 1 saturated heterocycles. The first-order chi connectivity index (χ1) is 11.0. The largest absolute Gasteiger partial charge is 0.246 e. The molecule has 0 saturated carbocycles. The van der Waals surface area contributed by atoms with Crippen molar-refractivity contribution >= 4 is 21.4 Å². The van der Waals surface area contributed by atoms with Crippen LogP contribution in [-0.4, -0.2) is 30.8 Å². The van der Waals surface area contributed by atoms with E-state index in [-0.39, 0.29) is 5.75 Å². The normalized spacial score (nSPS) is 17.5. The van der Waals surface area contributed by atoms with Gasteiger partial charge in [-0.25, -0.2) is 17.7 Å². The Morgan fingerprint density at radius 3 is 2.39 bits per heavy atom. The maximum atomic E-state index is 12.6. The third kappa shape index (κ3) is 3.82. The van der Waals surface area contributed by atoms with Crippen LogP contribution in [0.5, 0.6) is 0 Å². The molecule has 0 amide bonds. The molecule has 0 atom stereocenters. The third-order valence-corrected chi connectivity index (χ3v) is 7.52. The Morgan fingerprint density at radius 1 is 1.17 bits per heavy atom. The van der Waals surface area contributed by atoms with Crippen molar-refractivity contribution in [3.8, 4) is 0 Å². The zero-order chi connectivity index (χ0) is 16.4. The number of thiazole rings is 1. The topological polar surface area (TPSA) is 50.3 Å². The zero-order valence-electron chi connectivity index (χ0n) is 13.5. The summed E-state index contributed by atoms with van der Waals surface area (Å²) in [7, 11) is -3.23. The predicted octanol–water partition coefficient (Wildman–Crippen LogP) is 3.47. The van der Waals surface area contributed by atoms with Crippen molar-refractivity contribution in [3.05, 3.63) is 51.5 Å². The molecule has 0 aliphatic carbocycles. The summed E-state index contributed by atoms with van der Waals surface area (Å²) in [4.78, 5) is 5.90. The molecule has 0 unspecified atom stereocenters. The molecule has 1 aliphatic rings. The van der Waals surface area contributed by atoms with E-state index in [2.05, 4.69) is 11.9 Å². The van der Waals surface area contributed by atoms with Gasteiger partial charge in [-0.1, -0.05) is 30.3 Å². The van der Waals surface area contributed by atoms with Crippen LogP contribution in [0.2, 0.25) is 0 Å². The highest BCUT2D eigenvalue weighted by Gasteiger charge is 2.30. The highest BCUT2D eigenvalue weighted by atomic mass is 32.2. The Labute approximate surface area is 142 Å². The van der Waals surface area contributed by atoms with Gasteiger partial charge < -0.3 is 0 Å². The molecule has 1 aromatic carbocycles. The molecule has 0 spiro atoms. The van der Waals surface area contributed by atoms with Gasteiger partial charge in [0.25, 0.3) is 0 Å². The molecule has 6 heteroatoms. The Hall–Kier alpha value is -1.24. The van der Waals surface area contributed by atoms with Crippen molar-refractivity contribution < 1.29 is 8.42 Å². The van der Waals surface area contributed by atoms with E-state index in [1.165, 1.54) is 9.88 Å². The van der Waals surface area contributed by atoms with Gasteiger partial charge in [0.05, 0.1) is 16.5 Å². The molecule has 0 radical (unpaired) electrons. The van der Waals surface area contributed by atoms with E-state index < -0.39 is 10.0 Å². The van der Waals surface area contributed by atoms with Gasteiger partial charge in [-0.2, -0.15) is 0 Å². The van der Waals surface area contributed by atoms with Crippen LogP contribution in [0.3, 0.4) is 0 Å². The first kappa shape index (κ1) is 16.6. The molecule has 2 heterocycles. The second-order valence-corrected chi connectivity index (χ2v) is 9.31. The first-order valence-electron chi connectivity index (χ1n) is 7.91. The van der Waals surface area contributed by atoms with Gasteiger partial charge in [0.1, 0.15) is 0 Å². The second kappa shape index (κ2) is 6.71. The molecule has 23 heavy (non-hydrogen) atoms. The fraction of sp³-hybridized carbons (Fsp3) is 0.471. The van der Waals surface area contributed by atoms with Crippen LogP contribution in [0.4, 0.5) is 0 Å². The molecular weight excluding hydrogens is 328 g/mol. The number of benzene rings is 1. The van der Waals surface area contributed by atoms with E-state index >= 15 is 0 Å². The minimum atomic E-state index is -3.23. The fourth-order valence-corrected chi connectivity index (χ4v) is 5.58. The lowest BCUT2D eigenvalue weighted by Crippen LogP contribution is -2.38. The van der Waals surface area contributed by atoms with Crippen molar-refractivity contribution in [3.63, 3.8) is 0 Å². The summed E-state index contributed by atoms with van der Waals surface area (Å²) in [5.41, 5.74) is 1.95. The van der Waals surface area contributed by atoms with Crippen LogP contribution in [0.15, 0.2) is 30.3 Å². The molecule has 2 aromatic rings. The number of aromatic nitrogens is 1. The number of sulfonamides is 1. The lowest BCUT2D eigenvalue weighted by Gasteiger charge is -2.30. The average Bonchev–Trinajstić information content (AvgIpc) is 2.87. The second-order valence-electron chi connectivity index (χ2n) is 6.11. The molecule has 124 valence electrons. The average molecular weight is 351 g/mol. The highest BCUT2D eigenvalue weighted by molar-refractivity contribution is 7.88. The number of piperidine rings is 1. The van der Waals surface area contributed by atoms with Gasteiger partial charge in [0.15, 0.2) is 0 Å². The van der Waals surface area contributed by atoms with Gasteiger partial charge >= 0.3 is 0 Å². The number of nitrogens with zero attached hydrogens (tertiary/aromatic N) is 2. The highest BCUT2D eigenvalue weighted by Crippen LogP contribution is 2.33. The number of rotatable bonds is 4. The van der Waals surface area contributed by atoms with Crippen LogP contribution in [0.25, 0.3) is 0 Å². The van der Waals surface area contributed by atoms with Crippen LogP contribution in [0, 0.1) is 13.8 Å². The fourth-order valence-electron chi connectivity index (χ4n) is 2.93. The maximum Gasteiger partial charge on any atom is 0.218 e. The number of aryl methyl sites for hydroxylation is 2. The SMILES string of the molecule is Cc1nc(C2CCN(S(=O)(=O)Cc3ccccc3)CC2)sc1C. The molecule has 0 N–H and O–H groups in total. The van der Waals surface area contributed by atoms with Crippen molar-refractivity contribution in [1.29, 1.82) is 0 Å². The van der Waals surface area contributed by atoms with Gasteiger partial charge in [-0.3, -0.25) is 0 Å². The Kier molecular flexibility index (Phi) is 4.85. The van der Waals surface area contributed by atoms with E-state index in [4.69, 9.17) is 0 Å². The van der Waals surface area contributed by atoms with E-state index in [0.717, 1.165) is 24.1 Å². The molecule has 1 fully saturated rings. The Bertz CT molecular complexity index is 742. The van der Waals surface area contributed by atoms with Crippen molar-refractivity contribution in [2.75, 3.05) is 13.1 Å². The Balaban J connectivity index is 1.64. The summed E-state index contributed by atoms with van der Waals surface area (Å²) in [6, 6.07) is 9.39. The smallest absolute Gasteiger partial charge is 0.218 e. The Morgan fingerprint density at radius 2 is 1.83 bits per heavy atom. The van der Waals surface area contributed by atoms with Crippen molar-refractivity contribution in [1.82, 2.24) is 9.29 Å². The summed E-state index contributed by atoms with van der Waals surface area (Å²) in [6.45, 7) is 5.32. The standard InChI is InChI=1S/C17H22N2O2S2/c1-13-14(2)22-17(18-13)16-8-10-19(11-9-16)23(20,21)12-15-6-4-3-5-7-15/h3-7,16H,8-12H2,1-2H3. The lowest BCUT2D eigenvalue weighted by atomic mass is 9.99. The number of hydrogen-bond acceptors (Lipinski definition) is 4. The molecule has 4 nitrogen and oxygen atoms in total. The summed E-state index contributed by atoms with van der Waals surface area (Å²) >= 11 is 1.75. The number of hydrogen-bond donors (Lipinski definition) is 0. The molecule has 1 aromatic heterocycles. The quantitative estimate of drug-likeness (QED) is 0.848. The van der Waals surface area contributed by atoms with E-state index in [1.54, 1.807) is 15.6 Å². The predicted molar refractivity (Wildman–Crippen MR) is 94.2 cm³/mol. The summed E-state index contributed by atoms with van der Waals surface area (Å²) in [5, 5.41) is 1.17. The molecule has 1 aliphatic heterocycles. The van der Waals surface area contributed by atoms with Crippen molar-refractivity contribution in [2.24, 2.45) is 0 Å². The van der Waals surface area contributed by atoms with Gasteiger partial charge in [-0.05, 0) is 32.3 Å². The molecular formula is C17H22N2O2S2. The van der Waals surface area contributed by atoms with Crippen LogP contribution in [0.1, 0.15) is 39.9 Å². The van der Waals surface area contributed by atoms with Gasteiger partial charge in [0, 0.05) is 23.9 Å².